The summed E-state index contributed by atoms with van der Waals surface area (Å²) in [5.41, 5.74) is 1.02. The van der Waals surface area contributed by atoms with Gasteiger partial charge in [0.25, 0.3) is 0 Å². The highest BCUT2D eigenvalue weighted by atomic mass is 16.5. The molecule has 1 atom stereocenters. The van der Waals surface area contributed by atoms with Gasteiger partial charge < -0.3 is 14.5 Å². The first kappa shape index (κ1) is 18.8. The summed E-state index contributed by atoms with van der Waals surface area (Å²) in [6.45, 7) is 3.55. The summed E-state index contributed by atoms with van der Waals surface area (Å²) in [5.74, 6) is 0.418. The van der Waals surface area contributed by atoms with Gasteiger partial charge in [-0.05, 0) is 37.8 Å². The fourth-order valence-corrected chi connectivity index (χ4v) is 4.20. The molecule has 1 spiro atoms. The molecule has 2 fully saturated rings. The quantitative estimate of drug-likeness (QED) is 0.778. The van der Waals surface area contributed by atoms with Crippen molar-refractivity contribution in [2.24, 2.45) is 5.41 Å². The average molecular weight is 359 g/mol. The van der Waals surface area contributed by atoms with E-state index in [1.165, 1.54) is 0 Å². The van der Waals surface area contributed by atoms with Crippen LogP contribution in [0.2, 0.25) is 0 Å². The maximum atomic E-state index is 12.7. The molecular formula is C20H29N3O3. The molecule has 1 unspecified atom stereocenters. The van der Waals surface area contributed by atoms with Crippen molar-refractivity contribution in [3.8, 4) is 0 Å². The Morgan fingerprint density at radius 1 is 1.31 bits per heavy atom. The highest BCUT2D eigenvalue weighted by Crippen LogP contribution is 2.39. The SMILES string of the molecule is COCCN1CC2(CCCN(C(=O)CCc3ccccn3)C2)CCC1=O. The fourth-order valence-electron chi connectivity index (χ4n) is 4.20. The van der Waals surface area contributed by atoms with E-state index in [1.54, 1.807) is 13.3 Å². The van der Waals surface area contributed by atoms with E-state index in [-0.39, 0.29) is 17.2 Å². The number of aromatic nitrogens is 1. The predicted octanol–water partition coefficient (Wildman–Crippen LogP) is 1.89. The second-order valence-corrected chi connectivity index (χ2v) is 7.55. The number of nitrogens with zero attached hydrogens (tertiary/aromatic N) is 3. The van der Waals surface area contributed by atoms with Crippen LogP contribution >= 0.6 is 0 Å². The van der Waals surface area contributed by atoms with Gasteiger partial charge in [0.05, 0.1) is 6.61 Å². The Morgan fingerprint density at radius 3 is 2.96 bits per heavy atom. The molecule has 6 nitrogen and oxygen atoms in total. The van der Waals surface area contributed by atoms with E-state index < -0.39 is 0 Å². The van der Waals surface area contributed by atoms with Crippen LogP contribution in [0.5, 0.6) is 0 Å². The summed E-state index contributed by atoms with van der Waals surface area (Å²) >= 11 is 0. The smallest absolute Gasteiger partial charge is 0.222 e. The molecule has 0 bridgehead atoms. The largest absolute Gasteiger partial charge is 0.383 e. The molecular weight excluding hydrogens is 330 g/mol. The van der Waals surface area contributed by atoms with Gasteiger partial charge >= 0.3 is 0 Å². The summed E-state index contributed by atoms with van der Waals surface area (Å²) in [7, 11) is 1.66. The van der Waals surface area contributed by atoms with Crippen LogP contribution in [0.4, 0.5) is 0 Å². The minimum Gasteiger partial charge on any atom is -0.383 e. The third-order valence-corrected chi connectivity index (χ3v) is 5.65. The van der Waals surface area contributed by atoms with Crippen molar-refractivity contribution >= 4 is 11.8 Å². The van der Waals surface area contributed by atoms with E-state index in [2.05, 4.69) is 4.98 Å². The summed E-state index contributed by atoms with van der Waals surface area (Å²) in [6.07, 6.45) is 6.53. The summed E-state index contributed by atoms with van der Waals surface area (Å²) in [5, 5.41) is 0. The zero-order valence-corrected chi connectivity index (χ0v) is 15.7. The average Bonchev–Trinajstić information content (AvgIpc) is 2.68. The fraction of sp³-hybridized carbons (Fsp3) is 0.650. The molecule has 26 heavy (non-hydrogen) atoms. The monoisotopic (exact) mass is 359 g/mol. The Labute approximate surface area is 155 Å². The van der Waals surface area contributed by atoms with Gasteiger partial charge in [-0.2, -0.15) is 0 Å². The third-order valence-electron chi connectivity index (χ3n) is 5.65. The molecule has 142 valence electrons. The molecule has 0 aromatic carbocycles. The molecule has 0 N–H and O–H groups in total. The first-order valence-electron chi connectivity index (χ1n) is 9.56. The summed E-state index contributed by atoms with van der Waals surface area (Å²) in [4.78, 5) is 33.1. The molecule has 3 heterocycles. The molecule has 1 aromatic rings. The van der Waals surface area contributed by atoms with Crippen LogP contribution in [0, 0.1) is 5.41 Å². The Hall–Kier alpha value is -1.95. The standard InChI is InChI=1S/C20H29N3O3/c1-26-14-13-23-16-20(10-8-19(23)25)9-4-12-22(15-20)18(24)7-6-17-5-2-3-11-21-17/h2-3,5,11H,4,6-10,12-16H2,1H3. The highest BCUT2D eigenvalue weighted by molar-refractivity contribution is 5.78. The second-order valence-electron chi connectivity index (χ2n) is 7.55. The molecule has 2 aliphatic heterocycles. The van der Waals surface area contributed by atoms with Gasteiger partial charge in [0, 0.05) is 63.4 Å². The molecule has 2 aliphatic rings. The van der Waals surface area contributed by atoms with Crippen LogP contribution in [-0.4, -0.2) is 66.5 Å². The van der Waals surface area contributed by atoms with E-state index >= 15 is 0 Å². The minimum atomic E-state index is 0.0561. The Morgan fingerprint density at radius 2 is 2.19 bits per heavy atom. The zero-order chi connectivity index (χ0) is 18.4. The van der Waals surface area contributed by atoms with Gasteiger partial charge in [-0.15, -0.1) is 0 Å². The van der Waals surface area contributed by atoms with Crippen molar-refractivity contribution in [2.75, 3.05) is 39.9 Å². The molecule has 0 aliphatic carbocycles. The van der Waals surface area contributed by atoms with Crippen molar-refractivity contribution in [1.82, 2.24) is 14.8 Å². The number of piperidine rings is 2. The number of rotatable bonds is 6. The van der Waals surface area contributed by atoms with Crippen LogP contribution in [0.25, 0.3) is 0 Å². The molecule has 0 radical (unpaired) electrons. The predicted molar refractivity (Wildman–Crippen MR) is 98.5 cm³/mol. The number of amides is 2. The second kappa shape index (κ2) is 8.62. The van der Waals surface area contributed by atoms with Gasteiger partial charge in [-0.25, -0.2) is 0 Å². The van der Waals surface area contributed by atoms with E-state index in [9.17, 15) is 9.59 Å². The number of methoxy groups -OCH3 is 1. The zero-order valence-electron chi connectivity index (χ0n) is 15.7. The summed E-state index contributed by atoms with van der Waals surface area (Å²) in [6, 6.07) is 5.81. The number of ether oxygens (including phenoxy) is 1. The first-order chi connectivity index (χ1) is 12.6. The van der Waals surface area contributed by atoms with Crippen molar-refractivity contribution in [2.45, 2.75) is 38.5 Å². The van der Waals surface area contributed by atoms with E-state index in [0.29, 0.717) is 32.4 Å². The van der Waals surface area contributed by atoms with Crippen molar-refractivity contribution in [3.05, 3.63) is 30.1 Å². The molecule has 2 amide bonds. The van der Waals surface area contributed by atoms with Crippen LogP contribution in [-0.2, 0) is 20.7 Å². The molecule has 2 saturated heterocycles. The number of hydrogen-bond acceptors (Lipinski definition) is 4. The van der Waals surface area contributed by atoms with Gasteiger partial charge in [0.1, 0.15) is 0 Å². The topological polar surface area (TPSA) is 62.7 Å². The van der Waals surface area contributed by atoms with E-state index in [4.69, 9.17) is 4.74 Å². The lowest BCUT2D eigenvalue weighted by molar-refractivity contribution is -0.143. The molecule has 0 saturated carbocycles. The normalized spacial score (nSPS) is 23.5. The first-order valence-corrected chi connectivity index (χ1v) is 9.56. The van der Waals surface area contributed by atoms with Crippen molar-refractivity contribution < 1.29 is 14.3 Å². The van der Waals surface area contributed by atoms with E-state index in [0.717, 1.165) is 44.6 Å². The van der Waals surface area contributed by atoms with Gasteiger partial charge in [-0.1, -0.05) is 6.07 Å². The highest BCUT2D eigenvalue weighted by Gasteiger charge is 2.42. The van der Waals surface area contributed by atoms with Gasteiger partial charge in [0.2, 0.25) is 11.8 Å². The lowest BCUT2D eigenvalue weighted by Gasteiger charge is -2.48. The molecule has 1 aromatic heterocycles. The lowest BCUT2D eigenvalue weighted by Crippen LogP contribution is -2.55. The van der Waals surface area contributed by atoms with Crippen LogP contribution in [0.1, 0.15) is 37.8 Å². The van der Waals surface area contributed by atoms with Crippen molar-refractivity contribution in [3.63, 3.8) is 0 Å². The molecule has 6 heteroatoms. The Balaban J connectivity index is 1.57. The third kappa shape index (κ3) is 4.61. The Bertz CT molecular complexity index is 622. The lowest BCUT2D eigenvalue weighted by atomic mass is 9.73. The van der Waals surface area contributed by atoms with Crippen LogP contribution in [0.3, 0.4) is 0 Å². The minimum absolute atomic E-state index is 0.0561. The van der Waals surface area contributed by atoms with Crippen molar-refractivity contribution in [1.29, 1.82) is 0 Å². The van der Waals surface area contributed by atoms with Gasteiger partial charge in [0.15, 0.2) is 0 Å². The van der Waals surface area contributed by atoms with Crippen LogP contribution < -0.4 is 0 Å². The maximum Gasteiger partial charge on any atom is 0.222 e. The maximum absolute atomic E-state index is 12.7. The Kier molecular flexibility index (Phi) is 6.25. The number of likely N-dealkylation sites (tertiary alicyclic amines) is 2. The van der Waals surface area contributed by atoms with Crippen LogP contribution in [0.15, 0.2) is 24.4 Å². The number of hydrogen-bond donors (Lipinski definition) is 0. The number of aryl methyl sites for hydroxylation is 1. The van der Waals surface area contributed by atoms with E-state index in [1.807, 2.05) is 28.0 Å². The number of pyridine rings is 1. The van der Waals surface area contributed by atoms with Gasteiger partial charge in [-0.3, -0.25) is 14.6 Å². The molecule has 3 rings (SSSR count). The number of carbonyl (C=O) groups excluding carboxylic acids is 2. The summed E-state index contributed by atoms with van der Waals surface area (Å²) < 4.78 is 5.14. The number of carbonyl (C=O) groups is 2.